The molecule has 0 spiro atoms. The van der Waals surface area contributed by atoms with Crippen molar-refractivity contribution < 1.29 is 123 Å². The molecular formula is C3H5Na3O8S3. The molecule has 0 saturated heterocycles. The molecule has 0 bridgehead atoms. The standard InChI is InChI=1S/C3H8O8S3.3Na/c4-12(5)3(1-13(6,7)8)2-14(9,10)11;;;/h3H,1-2H2,(H,4,5)(H,6,7,8)(H,9,10,11);;;/q;3*+1/p-3. The van der Waals surface area contributed by atoms with Crippen LogP contribution >= 0.6 is 0 Å². The average molecular weight is 334 g/mol. The first-order valence-electron chi connectivity index (χ1n) is 2.96. The van der Waals surface area contributed by atoms with Crippen LogP contribution in [0.15, 0.2) is 0 Å². The Hall–Kier alpha value is 2.93. The molecule has 0 saturated carbocycles. The second kappa shape index (κ2) is 11.6. The van der Waals surface area contributed by atoms with Crippen molar-refractivity contribution in [2.75, 3.05) is 11.5 Å². The molecule has 0 amide bonds. The predicted molar refractivity (Wildman–Crippen MR) is 41.8 cm³/mol. The van der Waals surface area contributed by atoms with Gasteiger partial charge in [0.2, 0.25) is 0 Å². The topological polar surface area (TPSA) is 155 Å². The molecule has 1 atom stereocenters. The Kier molecular flexibility index (Phi) is 19.2. The van der Waals surface area contributed by atoms with Crippen molar-refractivity contribution in [2.45, 2.75) is 5.25 Å². The third-order valence-corrected chi connectivity index (χ3v) is 3.97. The zero-order valence-electron chi connectivity index (χ0n) is 9.48. The van der Waals surface area contributed by atoms with Crippen LogP contribution in [0.3, 0.4) is 0 Å². The van der Waals surface area contributed by atoms with Gasteiger partial charge in [-0.2, -0.15) is 0 Å². The van der Waals surface area contributed by atoms with Gasteiger partial charge in [0.1, 0.15) is 0 Å². The van der Waals surface area contributed by atoms with Gasteiger partial charge in [0.15, 0.2) is 0 Å². The molecule has 0 aliphatic heterocycles. The van der Waals surface area contributed by atoms with E-state index in [0.29, 0.717) is 0 Å². The van der Waals surface area contributed by atoms with E-state index in [1.54, 1.807) is 0 Å². The molecule has 0 fully saturated rings. The van der Waals surface area contributed by atoms with Crippen LogP contribution in [0.2, 0.25) is 0 Å². The summed E-state index contributed by atoms with van der Waals surface area (Å²) in [5, 5.41) is -2.01. The van der Waals surface area contributed by atoms with Crippen molar-refractivity contribution in [3.63, 3.8) is 0 Å². The molecule has 0 N–H and O–H groups in total. The predicted octanol–water partition coefficient (Wildman–Crippen LogP) is -11.7. The zero-order valence-corrected chi connectivity index (χ0v) is 17.9. The Balaban J connectivity index is -0.000000282. The molecule has 0 aromatic heterocycles. The maximum absolute atomic E-state index is 10.2. The van der Waals surface area contributed by atoms with Gasteiger partial charge in [-0.25, -0.2) is 16.8 Å². The summed E-state index contributed by atoms with van der Waals surface area (Å²) in [6.45, 7) is 0. The van der Waals surface area contributed by atoms with Gasteiger partial charge in [0.05, 0.1) is 31.7 Å². The summed E-state index contributed by atoms with van der Waals surface area (Å²) in [7, 11) is -9.77. The summed E-state index contributed by atoms with van der Waals surface area (Å²) in [4.78, 5) is 0. The third-order valence-electron chi connectivity index (χ3n) is 1.05. The summed E-state index contributed by atoms with van der Waals surface area (Å²) in [5.41, 5.74) is 0. The van der Waals surface area contributed by atoms with Gasteiger partial charge >= 0.3 is 88.7 Å². The molecule has 0 aliphatic carbocycles. The number of hydrogen-bond donors (Lipinski definition) is 0. The molecule has 0 rings (SSSR count). The van der Waals surface area contributed by atoms with Gasteiger partial charge in [-0.1, -0.05) is 11.1 Å². The first-order chi connectivity index (χ1) is 6.01. The van der Waals surface area contributed by atoms with Crippen LogP contribution in [0.1, 0.15) is 0 Å². The smallest absolute Gasteiger partial charge is 0.772 e. The van der Waals surface area contributed by atoms with Gasteiger partial charge in [0.25, 0.3) is 0 Å². The Labute approximate surface area is 168 Å². The molecule has 86 valence electrons. The zero-order chi connectivity index (χ0) is 11.6. The average Bonchev–Trinajstić information content (AvgIpc) is 1.78. The Bertz CT molecular complexity index is 381. The summed E-state index contributed by atoms with van der Waals surface area (Å²) < 4.78 is 81.1. The van der Waals surface area contributed by atoms with Crippen LogP contribution in [-0.4, -0.2) is 51.5 Å². The van der Waals surface area contributed by atoms with Crippen molar-refractivity contribution in [1.29, 1.82) is 0 Å². The van der Waals surface area contributed by atoms with Gasteiger partial charge in [-0.15, -0.1) is 0 Å². The van der Waals surface area contributed by atoms with Gasteiger partial charge < -0.3 is 13.7 Å². The normalized spacial score (nSPS) is 12.9. The van der Waals surface area contributed by atoms with E-state index in [0.717, 1.165) is 0 Å². The summed E-state index contributed by atoms with van der Waals surface area (Å²) in [6, 6.07) is 0. The first kappa shape index (κ1) is 28.1. The van der Waals surface area contributed by atoms with Crippen molar-refractivity contribution in [2.24, 2.45) is 0 Å². The van der Waals surface area contributed by atoms with E-state index in [2.05, 4.69) is 0 Å². The van der Waals surface area contributed by atoms with E-state index < -0.39 is 48.1 Å². The van der Waals surface area contributed by atoms with Crippen molar-refractivity contribution in [3.05, 3.63) is 0 Å². The van der Waals surface area contributed by atoms with Gasteiger partial charge in [0, 0.05) is 5.25 Å². The molecule has 0 aromatic carbocycles. The van der Waals surface area contributed by atoms with Gasteiger partial charge in [-0.3, -0.25) is 4.21 Å². The van der Waals surface area contributed by atoms with Crippen molar-refractivity contribution >= 4 is 31.3 Å². The second-order valence-electron chi connectivity index (χ2n) is 2.33. The second-order valence-corrected chi connectivity index (χ2v) is 6.42. The van der Waals surface area contributed by atoms with Crippen molar-refractivity contribution in [3.8, 4) is 0 Å². The Morgan fingerprint density at radius 2 is 1.12 bits per heavy atom. The summed E-state index contributed by atoms with van der Waals surface area (Å²) in [5.74, 6) is -2.85. The fraction of sp³-hybridized carbons (Fsp3) is 1.00. The number of hydrogen-bond acceptors (Lipinski definition) is 8. The molecule has 0 aliphatic rings. The molecule has 8 nitrogen and oxygen atoms in total. The SMILES string of the molecule is O=S([O-])C(CS(=O)(=O)[O-])CS(=O)(=O)[O-].[Na+].[Na+].[Na+]. The minimum absolute atomic E-state index is 0. The van der Waals surface area contributed by atoms with E-state index in [9.17, 15) is 34.7 Å². The van der Waals surface area contributed by atoms with E-state index in [-0.39, 0.29) is 88.7 Å². The van der Waals surface area contributed by atoms with E-state index in [4.69, 9.17) is 0 Å². The molecule has 0 aromatic rings. The minimum Gasteiger partial charge on any atom is -0.772 e. The monoisotopic (exact) mass is 334 g/mol. The van der Waals surface area contributed by atoms with Crippen LogP contribution in [0.4, 0.5) is 0 Å². The Morgan fingerprint density at radius 1 is 0.882 bits per heavy atom. The van der Waals surface area contributed by atoms with Crippen LogP contribution in [0.25, 0.3) is 0 Å². The summed E-state index contributed by atoms with van der Waals surface area (Å²) in [6.07, 6.45) is 0. The fourth-order valence-corrected chi connectivity index (χ4v) is 3.80. The first-order valence-corrected chi connectivity index (χ1v) is 7.26. The van der Waals surface area contributed by atoms with Crippen LogP contribution < -0.4 is 88.7 Å². The minimum atomic E-state index is -4.89. The van der Waals surface area contributed by atoms with E-state index >= 15 is 0 Å². The molecule has 0 radical (unpaired) electrons. The van der Waals surface area contributed by atoms with E-state index in [1.807, 2.05) is 0 Å². The molecule has 17 heavy (non-hydrogen) atoms. The van der Waals surface area contributed by atoms with Crippen molar-refractivity contribution in [1.82, 2.24) is 0 Å². The quantitative estimate of drug-likeness (QED) is 0.273. The van der Waals surface area contributed by atoms with E-state index in [1.165, 1.54) is 0 Å². The molecule has 1 unspecified atom stereocenters. The molecule has 0 heterocycles. The fourth-order valence-electron chi connectivity index (χ4n) is 0.615. The third kappa shape index (κ3) is 18.9. The van der Waals surface area contributed by atoms with Crippen LogP contribution in [0.5, 0.6) is 0 Å². The largest absolute Gasteiger partial charge is 1.00 e. The maximum Gasteiger partial charge on any atom is 1.00 e. The van der Waals surface area contributed by atoms with Crippen LogP contribution in [-0.2, 0) is 31.3 Å². The molecule has 14 heteroatoms. The number of rotatable bonds is 5. The maximum atomic E-state index is 10.2. The summed E-state index contributed by atoms with van der Waals surface area (Å²) >= 11 is -3.10. The van der Waals surface area contributed by atoms with Crippen LogP contribution in [0, 0.1) is 0 Å². The Morgan fingerprint density at radius 3 is 1.24 bits per heavy atom. The van der Waals surface area contributed by atoms with Gasteiger partial charge in [-0.05, 0) is 0 Å². The molecular weight excluding hydrogens is 329 g/mol.